The minimum Gasteiger partial charge on any atom is -0.478 e. The van der Waals surface area contributed by atoms with Crippen molar-refractivity contribution in [2.24, 2.45) is 0 Å². The molecule has 0 saturated heterocycles. The van der Waals surface area contributed by atoms with E-state index in [1.165, 1.54) is 0 Å². The maximum Gasteiger partial charge on any atom is 0.389 e. The largest absolute Gasteiger partial charge is 0.478 e. The van der Waals surface area contributed by atoms with Crippen LogP contribution in [0.25, 0.3) is 0 Å². The molecule has 0 saturated carbocycles. The van der Waals surface area contributed by atoms with Crippen molar-refractivity contribution in [1.82, 2.24) is 0 Å². The zero-order valence-electron chi connectivity index (χ0n) is 6.57. The highest BCUT2D eigenvalue weighted by atomic mass is 19.4. The van der Waals surface area contributed by atoms with Gasteiger partial charge >= 0.3 is 12.1 Å². The molecule has 0 aliphatic rings. The summed E-state index contributed by atoms with van der Waals surface area (Å²) in [6.07, 6.45) is -8.85. The lowest BCUT2D eigenvalue weighted by atomic mass is 10.1. The Labute approximate surface area is 71.9 Å². The van der Waals surface area contributed by atoms with Crippen LogP contribution in [-0.4, -0.2) is 23.4 Å². The van der Waals surface area contributed by atoms with Gasteiger partial charge in [-0.15, -0.1) is 0 Å². The molecule has 2 nitrogen and oxygen atoms in total. The van der Waals surface area contributed by atoms with Crippen LogP contribution in [0.1, 0.15) is 12.8 Å². The average Bonchev–Trinajstić information content (AvgIpc) is 1.97. The smallest absolute Gasteiger partial charge is 0.389 e. The summed E-state index contributed by atoms with van der Waals surface area (Å²) < 4.78 is 47.2. The van der Waals surface area contributed by atoms with Gasteiger partial charge in [0.2, 0.25) is 0 Å². The molecule has 0 spiro atoms. The normalized spacial score (nSPS) is 13.8. The zero-order chi connectivity index (χ0) is 10.6. The van der Waals surface area contributed by atoms with Crippen molar-refractivity contribution in [3.63, 3.8) is 0 Å². The molecule has 0 rings (SSSR count). The van der Waals surface area contributed by atoms with Gasteiger partial charge in [0.1, 0.15) is 6.17 Å². The van der Waals surface area contributed by atoms with Crippen LogP contribution >= 0.6 is 0 Å². The van der Waals surface area contributed by atoms with Crippen LogP contribution in [0.5, 0.6) is 0 Å². The molecule has 6 heteroatoms. The molecule has 0 aliphatic heterocycles. The van der Waals surface area contributed by atoms with Crippen LogP contribution in [0.3, 0.4) is 0 Å². The first kappa shape index (κ1) is 11.9. The van der Waals surface area contributed by atoms with E-state index in [4.69, 9.17) is 5.11 Å². The minimum atomic E-state index is -4.47. The molecule has 0 heterocycles. The van der Waals surface area contributed by atoms with Gasteiger partial charge in [-0.25, -0.2) is 9.18 Å². The van der Waals surface area contributed by atoms with Crippen LogP contribution < -0.4 is 0 Å². The highest BCUT2D eigenvalue weighted by Gasteiger charge is 2.30. The quantitative estimate of drug-likeness (QED) is 0.558. The van der Waals surface area contributed by atoms with Crippen LogP contribution in [-0.2, 0) is 4.79 Å². The molecule has 13 heavy (non-hydrogen) atoms. The fraction of sp³-hybridized carbons (Fsp3) is 0.571. The Morgan fingerprint density at radius 3 is 2.23 bits per heavy atom. The Morgan fingerprint density at radius 1 is 1.46 bits per heavy atom. The van der Waals surface area contributed by atoms with E-state index in [2.05, 4.69) is 6.58 Å². The van der Waals surface area contributed by atoms with Gasteiger partial charge in [0.15, 0.2) is 0 Å². The van der Waals surface area contributed by atoms with Gasteiger partial charge in [-0.05, 0) is 6.42 Å². The second kappa shape index (κ2) is 4.25. The summed E-state index contributed by atoms with van der Waals surface area (Å²) in [6, 6.07) is 0. The Morgan fingerprint density at radius 2 is 1.92 bits per heavy atom. The van der Waals surface area contributed by atoms with E-state index < -0.39 is 36.7 Å². The maximum atomic E-state index is 12.6. The highest BCUT2D eigenvalue weighted by molar-refractivity contribution is 5.86. The first-order valence-corrected chi connectivity index (χ1v) is 3.37. The van der Waals surface area contributed by atoms with E-state index >= 15 is 0 Å². The number of carboxylic acids is 1. The second-order valence-electron chi connectivity index (χ2n) is 2.45. The molecule has 76 valence electrons. The summed E-state index contributed by atoms with van der Waals surface area (Å²) in [7, 11) is 0. The number of aliphatic carboxylic acids is 1. The van der Waals surface area contributed by atoms with E-state index in [1.54, 1.807) is 0 Å². The van der Waals surface area contributed by atoms with Gasteiger partial charge < -0.3 is 5.11 Å². The highest BCUT2D eigenvalue weighted by Crippen LogP contribution is 2.24. The molecule has 0 fully saturated rings. The first-order chi connectivity index (χ1) is 5.74. The van der Waals surface area contributed by atoms with Crippen LogP contribution in [0.2, 0.25) is 0 Å². The lowest BCUT2D eigenvalue weighted by Crippen LogP contribution is -2.16. The van der Waals surface area contributed by atoms with E-state index in [9.17, 15) is 22.4 Å². The van der Waals surface area contributed by atoms with E-state index in [1.807, 2.05) is 0 Å². The number of rotatable bonds is 4. The topological polar surface area (TPSA) is 37.3 Å². The maximum absolute atomic E-state index is 12.6. The molecular weight excluding hydrogens is 192 g/mol. The van der Waals surface area contributed by atoms with Gasteiger partial charge in [-0.2, -0.15) is 13.2 Å². The van der Waals surface area contributed by atoms with Gasteiger partial charge in [-0.1, -0.05) is 6.58 Å². The summed E-state index contributed by atoms with van der Waals surface area (Å²) in [5.41, 5.74) is -0.843. The molecule has 1 unspecified atom stereocenters. The molecule has 0 radical (unpaired) electrons. The molecule has 0 aliphatic carbocycles. The van der Waals surface area contributed by atoms with E-state index in [0.29, 0.717) is 0 Å². The summed E-state index contributed by atoms with van der Waals surface area (Å²) in [5.74, 6) is -1.62. The van der Waals surface area contributed by atoms with Crippen LogP contribution in [0, 0.1) is 0 Å². The number of hydrogen-bond acceptors (Lipinski definition) is 1. The second-order valence-corrected chi connectivity index (χ2v) is 2.45. The van der Waals surface area contributed by atoms with Gasteiger partial charge in [-0.3, -0.25) is 0 Å². The number of carbonyl (C=O) groups is 1. The lowest BCUT2D eigenvalue weighted by Gasteiger charge is -2.09. The summed E-state index contributed by atoms with van der Waals surface area (Å²) in [4.78, 5) is 10.0. The van der Waals surface area contributed by atoms with Crippen molar-refractivity contribution in [3.8, 4) is 0 Å². The van der Waals surface area contributed by atoms with Gasteiger partial charge in [0.25, 0.3) is 0 Å². The standard InChI is InChI=1S/C7H8F4O2/c1-4(6(12)13)5(8)2-3-7(9,10)11/h5H,1-3H2,(H,12,13). The third-order valence-corrected chi connectivity index (χ3v) is 1.33. The van der Waals surface area contributed by atoms with Crippen molar-refractivity contribution < 1.29 is 27.5 Å². The number of halogens is 4. The summed E-state index contributed by atoms with van der Waals surface area (Å²) >= 11 is 0. The molecular formula is C7H8F4O2. The molecule has 0 aromatic rings. The zero-order valence-corrected chi connectivity index (χ0v) is 6.57. The van der Waals surface area contributed by atoms with Crippen molar-refractivity contribution in [2.75, 3.05) is 0 Å². The predicted octanol–water partition coefficient (Wildman–Crippen LogP) is 2.31. The molecule has 0 aromatic heterocycles. The fourth-order valence-electron chi connectivity index (χ4n) is 0.599. The first-order valence-electron chi connectivity index (χ1n) is 3.37. The number of carboxylic acid groups (broad SMARTS) is 1. The minimum absolute atomic E-state index is 0.843. The fourth-order valence-corrected chi connectivity index (χ4v) is 0.599. The van der Waals surface area contributed by atoms with Crippen LogP contribution in [0.4, 0.5) is 17.6 Å². The van der Waals surface area contributed by atoms with E-state index in [-0.39, 0.29) is 0 Å². The number of hydrogen-bond donors (Lipinski definition) is 1. The summed E-state index contributed by atoms with van der Waals surface area (Å²) in [6.45, 7) is 2.81. The van der Waals surface area contributed by atoms with Crippen molar-refractivity contribution in [2.45, 2.75) is 25.2 Å². The summed E-state index contributed by atoms with van der Waals surface area (Å²) in [5, 5.41) is 8.16. The van der Waals surface area contributed by atoms with Crippen molar-refractivity contribution >= 4 is 5.97 Å². The Balaban J connectivity index is 3.95. The van der Waals surface area contributed by atoms with Crippen molar-refractivity contribution in [1.29, 1.82) is 0 Å². The number of alkyl halides is 4. The average molecular weight is 200 g/mol. The third kappa shape index (κ3) is 5.21. The van der Waals surface area contributed by atoms with Gasteiger partial charge in [0.05, 0.1) is 5.57 Å². The van der Waals surface area contributed by atoms with Crippen LogP contribution in [0.15, 0.2) is 12.2 Å². The van der Waals surface area contributed by atoms with Crippen molar-refractivity contribution in [3.05, 3.63) is 12.2 Å². The molecule has 0 aromatic carbocycles. The van der Waals surface area contributed by atoms with Gasteiger partial charge in [0, 0.05) is 6.42 Å². The molecule has 1 atom stereocenters. The molecule has 1 N–H and O–H groups in total. The monoisotopic (exact) mass is 200 g/mol. The Bertz CT molecular complexity index is 209. The van der Waals surface area contributed by atoms with E-state index in [0.717, 1.165) is 0 Å². The Hall–Kier alpha value is -1.07. The molecule has 0 amide bonds. The SMILES string of the molecule is C=C(C(=O)O)C(F)CCC(F)(F)F. The molecule has 0 bridgehead atoms. The third-order valence-electron chi connectivity index (χ3n) is 1.33. The lowest BCUT2D eigenvalue weighted by molar-refractivity contribution is -0.140. The Kier molecular flexibility index (Phi) is 3.90. The predicted molar refractivity (Wildman–Crippen MR) is 37.0 cm³/mol.